The summed E-state index contributed by atoms with van der Waals surface area (Å²) >= 11 is 0. The van der Waals surface area contributed by atoms with Crippen LogP contribution in [-0.2, 0) is 17.8 Å². The number of rotatable bonds is 8. The molecule has 2 heterocycles. The second kappa shape index (κ2) is 13.3. The Kier molecular flexibility index (Phi) is 10.5. The molecule has 4 rings (SSSR count). The molecule has 33 heavy (non-hydrogen) atoms. The minimum absolute atomic E-state index is 0. The zero-order chi connectivity index (χ0) is 22.1. The average Bonchev–Trinajstić information content (AvgIpc) is 3.36. The molecule has 2 aromatic rings. The lowest BCUT2D eigenvalue weighted by molar-refractivity contribution is -0.0352. The number of aromatic nitrogens is 2. The lowest BCUT2D eigenvalue weighted by atomic mass is 9.80. The fourth-order valence-electron chi connectivity index (χ4n) is 4.95. The van der Waals surface area contributed by atoms with Crippen molar-refractivity contribution in [2.24, 2.45) is 4.99 Å². The number of hydrogen-bond acceptors (Lipinski definition) is 4. The van der Waals surface area contributed by atoms with Crippen LogP contribution in [0.5, 0.6) is 0 Å². The first-order valence-corrected chi connectivity index (χ1v) is 12.2. The van der Waals surface area contributed by atoms with Gasteiger partial charge in [-0.25, -0.2) is 9.98 Å². The van der Waals surface area contributed by atoms with Gasteiger partial charge in [-0.3, -0.25) is 4.90 Å². The first-order chi connectivity index (χ1) is 15.8. The van der Waals surface area contributed by atoms with E-state index in [2.05, 4.69) is 56.3 Å². The first kappa shape index (κ1) is 26.0. The summed E-state index contributed by atoms with van der Waals surface area (Å²) < 4.78 is 7.70. The van der Waals surface area contributed by atoms with Gasteiger partial charge in [0.2, 0.25) is 0 Å². The molecule has 2 fully saturated rings. The van der Waals surface area contributed by atoms with Crippen molar-refractivity contribution in [1.29, 1.82) is 0 Å². The summed E-state index contributed by atoms with van der Waals surface area (Å²) in [5, 5.41) is 7.13. The summed E-state index contributed by atoms with van der Waals surface area (Å²) in [6.07, 6.45) is 12.2. The molecule has 2 N–H and O–H groups in total. The van der Waals surface area contributed by atoms with E-state index in [-0.39, 0.29) is 29.5 Å². The normalized spacial score (nSPS) is 19.0. The lowest BCUT2D eigenvalue weighted by Crippen LogP contribution is -2.60. The highest BCUT2D eigenvalue weighted by molar-refractivity contribution is 14.0. The summed E-state index contributed by atoms with van der Waals surface area (Å²) in [5.74, 6) is 0.910. The van der Waals surface area contributed by atoms with Crippen LogP contribution in [0.3, 0.4) is 0 Å². The number of ether oxygens (including phenoxy) is 1. The van der Waals surface area contributed by atoms with Crippen LogP contribution in [0, 0.1) is 0 Å². The fraction of sp³-hybridized carbons (Fsp3) is 0.600. The van der Waals surface area contributed by atoms with Gasteiger partial charge in [0.25, 0.3) is 0 Å². The molecule has 182 valence electrons. The number of guanidine groups is 1. The summed E-state index contributed by atoms with van der Waals surface area (Å²) in [7, 11) is 0. The quantitative estimate of drug-likeness (QED) is 0.290. The molecule has 0 bridgehead atoms. The summed E-state index contributed by atoms with van der Waals surface area (Å²) in [6.45, 7) is 9.24. The third kappa shape index (κ3) is 7.42. The first-order valence-electron chi connectivity index (χ1n) is 12.2. The zero-order valence-corrected chi connectivity index (χ0v) is 22.2. The molecular formula is C25H39IN6O. The van der Waals surface area contributed by atoms with E-state index in [0.717, 1.165) is 51.9 Å². The fourth-order valence-corrected chi connectivity index (χ4v) is 4.95. The lowest BCUT2D eigenvalue weighted by Gasteiger charge is -2.48. The van der Waals surface area contributed by atoms with Crippen LogP contribution >= 0.6 is 24.0 Å². The Labute approximate surface area is 215 Å². The number of morpholine rings is 1. The van der Waals surface area contributed by atoms with Crippen molar-refractivity contribution in [2.45, 2.75) is 57.7 Å². The third-order valence-corrected chi connectivity index (χ3v) is 6.76. The Morgan fingerprint density at radius 2 is 1.79 bits per heavy atom. The van der Waals surface area contributed by atoms with Gasteiger partial charge < -0.3 is 19.9 Å². The van der Waals surface area contributed by atoms with E-state index in [1.54, 1.807) is 0 Å². The van der Waals surface area contributed by atoms with Gasteiger partial charge in [0.05, 0.1) is 26.1 Å². The molecule has 2 aliphatic rings. The van der Waals surface area contributed by atoms with E-state index < -0.39 is 0 Å². The predicted molar refractivity (Wildman–Crippen MR) is 144 cm³/mol. The Hall–Kier alpha value is -1.65. The standard InChI is InChI=1S/C25H38N6O.HI/c1-2-27-24(28-18-22-6-8-23(9-7-22)19-30-13-12-26-21-30)29-20-25(10-4-3-5-11-25)31-14-16-32-17-15-31;/h6-9,12-13,21H,2-5,10-11,14-20H2,1H3,(H2,27,28,29);1H. The predicted octanol–water partition coefficient (Wildman–Crippen LogP) is 3.64. The number of halogens is 1. The molecule has 0 amide bonds. The molecule has 1 aromatic carbocycles. The van der Waals surface area contributed by atoms with Gasteiger partial charge in [-0.1, -0.05) is 43.5 Å². The number of nitrogens with one attached hydrogen (secondary N) is 2. The SMILES string of the molecule is CCNC(=NCc1ccc(Cn2ccnc2)cc1)NCC1(N2CCOCC2)CCCCC1.I. The maximum Gasteiger partial charge on any atom is 0.191 e. The summed E-state index contributed by atoms with van der Waals surface area (Å²) in [6, 6.07) is 8.71. The molecule has 1 aromatic heterocycles. The van der Waals surface area contributed by atoms with Crippen molar-refractivity contribution in [3.63, 3.8) is 0 Å². The molecule has 0 spiro atoms. The minimum atomic E-state index is 0. The topological polar surface area (TPSA) is 66.7 Å². The minimum Gasteiger partial charge on any atom is -0.379 e. The molecule has 1 saturated carbocycles. The number of nitrogens with zero attached hydrogens (tertiary/aromatic N) is 4. The van der Waals surface area contributed by atoms with Gasteiger partial charge in [-0.2, -0.15) is 0 Å². The van der Waals surface area contributed by atoms with Gasteiger partial charge in [-0.05, 0) is 30.9 Å². The van der Waals surface area contributed by atoms with Crippen LogP contribution in [0.2, 0.25) is 0 Å². The highest BCUT2D eigenvalue weighted by Crippen LogP contribution is 2.33. The maximum atomic E-state index is 5.62. The van der Waals surface area contributed by atoms with E-state index >= 15 is 0 Å². The Morgan fingerprint density at radius 1 is 1.06 bits per heavy atom. The summed E-state index contributed by atoms with van der Waals surface area (Å²) in [5.41, 5.74) is 2.72. The average molecular weight is 567 g/mol. The molecular weight excluding hydrogens is 527 g/mol. The van der Waals surface area contributed by atoms with Crippen LogP contribution in [-0.4, -0.2) is 65.3 Å². The van der Waals surface area contributed by atoms with Gasteiger partial charge in [0.1, 0.15) is 0 Å². The van der Waals surface area contributed by atoms with Crippen molar-refractivity contribution < 1.29 is 4.74 Å². The Bertz CT molecular complexity index is 827. The number of benzene rings is 1. The van der Waals surface area contributed by atoms with Crippen molar-refractivity contribution in [2.75, 3.05) is 39.4 Å². The molecule has 0 unspecified atom stereocenters. The number of aliphatic imine (C=N–C) groups is 1. The van der Waals surface area contributed by atoms with Crippen molar-refractivity contribution in [1.82, 2.24) is 25.1 Å². The highest BCUT2D eigenvalue weighted by Gasteiger charge is 2.38. The second-order valence-electron chi connectivity index (χ2n) is 8.98. The van der Waals surface area contributed by atoms with Gasteiger partial charge >= 0.3 is 0 Å². The smallest absolute Gasteiger partial charge is 0.191 e. The van der Waals surface area contributed by atoms with Gasteiger partial charge in [-0.15, -0.1) is 24.0 Å². The Morgan fingerprint density at radius 3 is 2.45 bits per heavy atom. The van der Waals surface area contributed by atoms with E-state index in [1.807, 2.05) is 18.7 Å². The molecule has 1 aliphatic carbocycles. The zero-order valence-electron chi connectivity index (χ0n) is 19.8. The molecule has 0 radical (unpaired) electrons. The Balaban J connectivity index is 0.00000306. The maximum absolute atomic E-state index is 5.62. The van der Waals surface area contributed by atoms with Crippen molar-refractivity contribution >= 4 is 29.9 Å². The van der Waals surface area contributed by atoms with Crippen LogP contribution in [0.1, 0.15) is 50.2 Å². The van der Waals surface area contributed by atoms with Crippen LogP contribution in [0.25, 0.3) is 0 Å². The second-order valence-corrected chi connectivity index (χ2v) is 8.98. The van der Waals surface area contributed by atoms with E-state index in [9.17, 15) is 0 Å². The van der Waals surface area contributed by atoms with E-state index in [1.165, 1.54) is 43.2 Å². The number of imidazole rings is 1. The highest BCUT2D eigenvalue weighted by atomic mass is 127. The van der Waals surface area contributed by atoms with E-state index in [4.69, 9.17) is 9.73 Å². The third-order valence-electron chi connectivity index (χ3n) is 6.76. The number of hydrogen-bond donors (Lipinski definition) is 2. The van der Waals surface area contributed by atoms with Crippen molar-refractivity contribution in [3.05, 3.63) is 54.1 Å². The monoisotopic (exact) mass is 566 g/mol. The molecule has 7 nitrogen and oxygen atoms in total. The van der Waals surface area contributed by atoms with Crippen LogP contribution in [0.15, 0.2) is 48.0 Å². The van der Waals surface area contributed by atoms with Gasteiger partial charge in [0.15, 0.2) is 5.96 Å². The van der Waals surface area contributed by atoms with Crippen LogP contribution in [0.4, 0.5) is 0 Å². The molecule has 8 heteroatoms. The molecule has 1 aliphatic heterocycles. The van der Waals surface area contributed by atoms with Crippen molar-refractivity contribution in [3.8, 4) is 0 Å². The summed E-state index contributed by atoms with van der Waals surface area (Å²) in [4.78, 5) is 11.7. The molecule has 0 atom stereocenters. The van der Waals surface area contributed by atoms with Gasteiger partial charge in [0, 0.05) is 50.7 Å². The largest absolute Gasteiger partial charge is 0.379 e. The van der Waals surface area contributed by atoms with E-state index in [0.29, 0.717) is 6.54 Å². The van der Waals surface area contributed by atoms with Crippen LogP contribution < -0.4 is 10.6 Å². The molecule has 1 saturated heterocycles.